The largest absolute Gasteiger partial charge is 0.375 e. The highest BCUT2D eigenvalue weighted by atomic mass is 19.1. The lowest BCUT2D eigenvalue weighted by Gasteiger charge is -2.32. The van der Waals surface area contributed by atoms with E-state index in [0.29, 0.717) is 85.5 Å². The minimum Gasteiger partial charge on any atom is -0.375 e. The maximum Gasteiger partial charge on any atom is 0.255 e. The van der Waals surface area contributed by atoms with Crippen LogP contribution in [0.2, 0.25) is 0 Å². The van der Waals surface area contributed by atoms with Crippen molar-refractivity contribution in [2.24, 2.45) is 0 Å². The summed E-state index contributed by atoms with van der Waals surface area (Å²) in [5.41, 5.74) is 5.62. The Morgan fingerprint density at radius 1 is 0.952 bits per heavy atom. The number of benzene rings is 3. The number of hydrogen-bond acceptors (Lipinski definition) is 9. The Morgan fingerprint density at radius 2 is 1.79 bits per heavy atom. The summed E-state index contributed by atoms with van der Waals surface area (Å²) < 4.78 is 38.4. The van der Waals surface area contributed by atoms with Crippen molar-refractivity contribution < 1.29 is 32.7 Å². The summed E-state index contributed by atoms with van der Waals surface area (Å²) >= 11 is 0. The molecule has 4 aliphatic heterocycles. The van der Waals surface area contributed by atoms with E-state index in [4.69, 9.17) is 9.72 Å². The van der Waals surface area contributed by atoms with Gasteiger partial charge in [-0.15, -0.1) is 0 Å². The Morgan fingerprint density at radius 3 is 2.58 bits per heavy atom. The molecule has 0 spiro atoms. The Hall–Kier alpha value is -6.37. The van der Waals surface area contributed by atoms with Gasteiger partial charge < -0.3 is 19.9 Å². The molecule has 9 rings (SSSR count). The number of morpholine rings is 1. The second kappa shape index (κ2) is 17.9. The van der Waals surface area contributed by atoms with Crippen molar-refractivity contribution in [3.05, 3.63) is 101 Å². The van der Waals surface area contributed by atoms with Crippen LogP contribution in [0.3, 0.4) is 0 Å². The zero-order valence-corrected chi connectivity index (χ0v) is 34.2. The number of hydrogen-bond donors (Lipinski definition) is 2. The third-order valence-electron chi connectivity index (χ3n) is 12.2. The molecule has 4 aliphatic rings. The van der Waals surface area contributed by atoms with Gasteiger partial charge in [0.15, 0.2) is 0 Å². The van der Waals surface area contributed by atoms with Crippen molar-refractivity contribution in [3.8, 4) is 34.2 Å². The fourth-order valence-corrected chi connectivity index (χ4v) is 8.85. The molecular formula is C47H46F2N8O5. The Labute approximate surface area is 357 Å². The van der Waals surface area contributed by atoms with Gasteiger partial charge in [0.2, 0.25) is 17.7 Å². The number of carbonyl (C=O) groups is 4. The van der Waals surface area contributed by atoms with Crippen LogP contribution in [0.15, 0.2) is 67.1 Å². The summed E-state index contributed by atoms with van der Waals surface area (Å²) in [6, 6.07) is 13.0. The third kappa shape index (κ3) is 8.71. The number of aromatic nitrogens is 4. The van der Waals surface area contributed by atoms with Crippen molar-refractivity contribution in [2.45, 2.75) is 82.5 Å². The van der Waals surface area contributed by atoms with Crippen molar-refractivity contribution in [3.63, 3.8) is 0 Å². The summed E-state index contributed by atoms with van der Waals surface area (Å²) in [5.74, 6) is 4.30. The van der Waals surface area contributed by atoms with Crippen molar-refractivity contribution >= 4 is 34.7 Å². The molecule has 0 bridgehead atoms. The highest BCUT2D eigenvalue weighted by Crippen LogP contribution is 2.33. The van der Waals surface area contributed by atoms with Gasteiger partial charge >= 0.3 is 0 Å². The predicted molar refractivity (Wildman–Crippen MR) is 225 cm³/mol. The van der Waals surface area contributed by atoms with Crippen LogP contribution >= 0.6 is 0 Å². The normalized spacial score (nSPS) is 19.4. The average Bonchev–Trinajstić information content (AvgIpc) is 3.91. The molecule has 0 radical (unpaired) electrons. The molecule has 2 aromatic heterocycles. The molecule has 3 saturated heterocycles. The minimum absolute atomic E-state index is 0.00827. The lowest BCUT2D eigenvalue weighted by Crippen LogP contribution is -2.52. The smallest absolute Gasteiger partial charge is 0.255 e. The van der Waals surface area contributed by atoms with E-state index >= 15 is 8.78 Å². The summed E-state index contributed by atoms with van der Waals surface area (Å²) in [5, 5.41) is 10.2. The topological polar surface area (TPSA) is 152 Å². The molecule has 2 N–H and O–H groups in total. The van der Waals surface area contributed by atoms with E-state index < -0.39 is 23.6 Å². The van der Waals surface area contributed by atoms with Gasteiger partial charge in [-0.3, -0.25) is 34.2 Å². The number of imide groups is 1. The van der Waals surface area contributed by atoms with Crippen LogP contribution in [0.5, 0.6) is 0 Å². The van der Waals surface area contributed by atoms with Gasteiger partial charge in [0, 0.05) is 92.4 Å². The van der Waals surface area contributed by atoms with E-state index in [1.165, 1.54) is 17.0 Å². The first-order chi connectivity index (χ1) is 30.2. The number of piperidine rings is 2. The summed E-state index contributed by atoms with van der Waals surface area (Å²) in [4.78, 5) is 63.0. The van der Waals surface area contributed by atoms with Crippen LogP contribution in [0, 0.1) is 23.5 Å². The fourth-order valence-electron chi connectivity index (χ4n) is 8.85. The number of nitrogens with one attached hydrogen (secondary N) is 2. The summed E-state index contributed by atoms with van der Waals surface area (Å²) in [7, 11) is 0. The van der Waals surface area contributed by atoms with Crippen LogP contribution in [0.4, 0.5) is 8.78 Å². The van der Waals surface area contributed by atoms with E-state index in [2.05, 4.69) is 32.6 Å². The van der Waals surface area contributed by atoms with Crippen LogP contribution < -0.4 is 10.6 Å². The van der Waals surface area contributed by atoms with Crippen LogP contribution in [0.1, 0.15) is 84.5 Å². The molecule has 3 fully saturated rings. The molecule has 2 unspecified atom stereocenters. The quantitative estimate of drug-likeness (QED) is 0.106. The zero-order chi connectivity index (χ0) is 42.7. The van der Waals surface area contributed by atoms with Crippen LogP contribution in [-0.4, -0.2) is 98.1 Å². The van der Waals surface area contributed by atoms with Crippen molar-refractivity contribution in [1.82, 2.24) is 40.2 Å². The second-order valence-electron chi connectivity index (χ2n) is 16.3. The number of unbranched alkanes of at least 4 members (excludes halogenated alkanes) is 2. The highest BCUT2D eigenvalue weighted by Gasteiger charge is 2.39. The first kappa shape index (κ1) is 41.0. The number of para-hydroxylation sites is 1. The summed E-state index contributed by atoms with van der Waals surface area (Å²) in [6.07, 6.45) is 9.88. The van der Waals surface area contributed by atoms with E-state index in [1.807, 2.05) is 34.0 Å². The lowest BCUT2D eigenvalue weighted by molar-refractivity contribution is -0.137. The lowest BCUT2D eigenvalue weighted by atomic mass is 9.98. The Balaban J connectivity index is 0.753. The first-order valence-electron chi connectivity index (χ1n) is 21.3. The molecular weight excluding hydrogens is 795 g/mol. The summed E-state index contributed by atoms with van der Waals surface area (Å²) in [6.45, 7) is 3.35. The minimum atomic E-state index is -0.651. The molecule has 4 amide bonds. The molecule has 13 nitrogen and oxygen atoms in total. The van der Waals surface area contributed by atoms with Crippen molar-refractivity contribution in [2.75, 3.05) is 32.8 Å². The number of amides is 4. The number of ether oxygens (including phenoxy) is 1. The van der Waals surface area contributed by atoms with E-state index in [1.54, 1.807) is 30.6 Å². The van der Waals surface area contributed by atoms with Crippen LogP contribution in [0.25, 0.3) is 33.4 Å². The van der Waals surface area contributed by atoms with Gasteiger partial charge in [-0.25, -0.2) is 13.8 Å². The molecule has 0 aliphatic carbocycles. The molecule has 3 aromatic carbocycles. The first-order valence-corrected chi connectivity index (χ1v) is 21.3. The fraction of sp³-hybridized carbons (Fsp3) is 0.383. The Bertz CT molecular complexity index is 2600. The third-order valence-corrected chi connectivity index (χ3v) is 12.2. The SMILES string of the molecule is O=C1CCC(N2Cc3cc(C#CCCCCC(=O)N4CCC(n5cc(-c6cnc7cccc(-c8cc(F)c(CC9CNCCO9)c(F)c8)c7n6)cn5)CC4)ccc3C2=O)C(=O)N1. The number of nitrogens with zero attached hydrogens (tertiary/aromatic N) is 6. The Kier molecular flexibility index (Phi) is 11.9. The molecule has 2 atom stereocenters. The molecule has 5 aromatic rings. The zero-order valence-electron chi connectivity index (χ0n) is 34.2. The van der Waals surface area contributed by atoms with Gasteiger partial charge in [-0.2, -0.15) is 5.10 Å². The highest BCUT2D eigenvalue weighted by molar-refractivity contribution is 6.05. The van der Waals surface area contributed by atoms with E-state index in [-0.39, 0.29) is 48.3 Å². The molecule has 6 heterocycles. The van der Waals surface area contributed by atoms with Gasteiger partial charge in [-0.1, -0.05) is 24.0 Å². The van der Waals surface area contributed by atoms with Gasteiger partial charge in [0.05, 0.1) is 47.9 Å². The van der Waals surface area contributed by atoms with E-state index in [0.717, 1.165) is 48.9 Å². The van der Waals surface area contributed by atoms with E-state index in [9.17, 15) is 19.2 Å². The average molecular weight is 841 g/mol. The predicted octanol–water partition coefficient (Wildman–Crippen LogP) is 5.51. The van der Waals surface area contributed by atoms with Gasteiger partial charge in [0.25, 0.3) is 5.91 Å². The number of rotatable bonds is 10. The molecule has 0 saturated carbocycles. The standard InChI is InChI=1S/C47H46F2N8O5/c48-38-21-30(22-39(49)37(38)23-34-25-50-16-19-62-34)35-7-5-8-40-45(35)53-41(26-51-40)32-24-52-57(28-32)33-14-17-55(18-15-33)44(59)9-4-2-1-3-6-29-10-11-36-31(20-29)27-56(47(36)61)42-12-13-43(58)54-46(42)60/h5,7-8,10-11,20-22,24,26,28,33-34,42,50H,1-2,4,9,12-19,23,25,27H2,(H,54,58,60). The molecule has 318 valence electrons. The molecule has 15 heteroatoms. The maximum absolute atomic E-state index is 15.4. The van der Waals surface area contributed by atoms with Gasteiger partial charge in [0.1, 0.15) is 17.7 Å². The van der Waals surface area contributed by atoms with Crippen LogP contribution in [-0.2, 0) is 32.1 Å². The number of carbonyl (C=O) groups excluding carboxylic acids is 4. The number of likely N-dealkylation sites (tertiary alicyclic amines) is 1. The number of halogens is 2. The number of fused-ring (bicyclic) bond motifs is 2. The maximum atomic E-state index is 15.4. The van der Waals surface area contributed by atoms with Crippen molar-refractivity contribution in [1.29, 1.82) is 0 Å². The monoisotopic (exact) mass is 840 g/mol. The molecule has 62 heavy (non-hydrogen) atoms. The van der Waals surface area contributed by atoms with Gasteiger partial charge in [-0.05, 0) is 79.6 Å². The second-order valence-corrected chi connectivity index (χ2v) is 16.3.